The smallest absolute Gasteiger partial charge is 0.416 e. The van der Waals surface area contributed by atoms with Crippen LogP contribution in [-0.2, 0) is 23.3 Å². The number of carbonyl (C=O) groups is 1. The molecule has 0 radical (unpaired) electrons. The molecule has 0 amide bonds. The Balaban J connectivity index is 2.21. The molecular weight excluding hydrogens is 577 g/mol. The third kappa shape index (κ3) is 7.99. The highest BCUT2D eigenvalue weighted by atomic mass is 19.4. The molecule has 2 aromatic carbocycles. The maximum absolute atomic E-state index is 14.2. The summed E-state index contributed by atoms with van der Waals surface area (Å²) in [5.41, 5.74) is -3.62. The van der Waals surface area contributed by atoms with Gasteiger partial charge in [0.15, 0.2) is 0 Å². The van der Waals surface area contributed by atoms with E-state index in [1.165, 1.54) is 12.1 Å². The van der Waals surface area contributed by atoms with Crippen LogP contribution in [0.5, 0.6) is 0 Å². The number of piperidine rings is 1. The molecule has 234 valence electrons. The molecule has 1 saturated heterocycles. The molecule has 1 fully saturated rings. The lowest BCUT2D eigenvalue weighted by atomic mass is 9.76. The van der Waals surface area contributed by atoms with Gasteiger partial charge in [0.25, 0.3) is 0 Å². The van der Waals surface area contributed by atoms with Crippen LogP contribution in [0.1, 0.15) is 92.8 Å². The topological polar surface area (TPSA) is 40.5 Å². The summed E-state index contributed by atoms with van der Waals surface area (Å²) in [5, 5.41) is 9.77. The summed E-state index contributed by atoms with van der Waals surface area (Å²) in [7, 11) is 0. The van der Waals surface area contributed by atoms with Crippen LogP contribution in [0.25, 0.3) is 0 Å². The molecule has 0 saturated carbocycles. The minimum Gasteiger partial charge on any atom is -0.481 e. The second-order valence-corrected chi connectivity index (χ2v) is 11.3. The lowest BCUT2D eigenvalue weighted by Crippen LogP contribution is -2.43. The van der Waals surface area contributed by atoms with E-state index in [2.05, 4.69) is 0 Å². The van der Waals surface area contributed by atoms with Crippen molar-refractivity contribution in [2.24, 2.45) is 17.8 Å². The normalized spacial score (nSPS) is 20.5. The largest absolute Gasteiger partial charge is 0.481 e. The Morgan fingerprint density at radius 3 is 1.93 bits per heavy atom. The van der Waals surface area contributed by atoms with E-state index in [0.29, 0.717) is 30.2 Å². The number of likely N-dealkylation sites (tertiary alicyclic amines) is 1. The number of benzene rings is 2. The molecule has 1 heterocycles. The van der Waals surface area contributed by atoms with Gasteiger partial charge in [-0.1, -0.05) is 32.9 Å². The Morgan fingerprint density at radius 1 is 0.881 bits per heavy atom. The molecular formula is C30H34F9NO2. The predicted molar refractivity (Wildman–Crippen MR) is 138 cm³/mol. The second kappa shape index (κ2) is 12.9. The van der Waals surface area contributed by atoms with Crippen LogP contribution in [0.4, 0.5) is 39.5 Å². The quantitative estimate of drug-likeness (QED) is 0.287. The van der Waals surface area contributed by atoms with E-state index in [0.717, 1.165) is 12.1 Å². The molecule has 42 heavy (non-hydrogen) atoms. The van der Waals surface area contributed by atoms with Crippen LogP contribution in [0, 0.1) is 17.8 Å². The molecule has 1 aliphatic rings. The molecule has 1 N–H and O–H groups in total. The number of hydrogen-bond donors (Lipinski definition) is 1. The summed E-state index contributed by atoms with van der Waals surface area (Å²) in [6.45, 7) is 5.39. The highest BCUT2D eigenvalue weighted by Gasteiger charge is 2.43. The Labute approximate surface area is 238 Å². The van der Waals surface area contributed by atoms with E-state index in [1.807, 2.05) is 13.8 Å². The Morgan fingerprint density at radius 2 is 1.45 bits per heavy atom. The van der Waals surface area contributed by atoms with Gasteiger partial charge in [0.1, 0.15) is 0 Å². The van der Waals surface area contributed by atoms with E-state index in [-0.39, 0.29) is 38.1 Å². The molecule has 4 atom stereocenters. The lowest BCUT2D eigenvalue weighted by molar-refractivity contribution is -0.145. The molecule has 0 aliphatic carbocycles. The summed E-state index contributed by atoms with van der Waals surface area (Å²) in [6.07, 6.45) is -13.5. The van der Waals surface area contributed by atoms with Gasteiger partial charge in [-0.05, 0) is 91.9 Å². The van der Waals surface area contributed by atoms with Crippen LogP contribution in [0.3, 0.4) is 0 Å². The molecule has 0 bridgehead atoms. The number of aliphatic carboxylic acids is 1. The first-order valence-electron chi connectivity index (χ1n) is 13.8. The monoisotopic (exact) mass is 611 g/mol. The highest BCUT2D eigenvalue weighted by Crippen LogP contribution is 2.48. The zero-order valence-corrected chi connectivity index (χ0v) is 23.4. The number of rotatable bonds is 9. The van der Waals surface area contributed by atoms with Crippen molar-refractivity contribution in [1.82, 2.24) is 4.90 Å². The van der Waals surface area contributed by atoms with E-state index in [1.54, 1.807) is 11.8 Å². The van der Waals surface area contributed by atoms with Gasteiger partial charge in [-0.2, -0.15) is 39.5 Å². The van der Waals surface area contributed by atoms with Crippen molar-refractivity contribution in [3.05, 3.63) is 70.3 Å². The van der Waals surface area contributed by atoms with Crippen molar-refractivity contribution in [3.8, 4) is 0 Å². The van der Waals surface area contributed by atoms with E-state index in [9.17, 15) is 49.4 Å². The highest BCUT2D eigenvalue weighted by molar-refractivity contribution is 5.70. The molecule has 2 unspecified atom stereocenters. The zero-order valence-electron chi connectivity index (χ0n) is 23.4. The first-order chi connectivity index (χ1) is 19.3. The fourth-order valence-electron chi connectivity index (χ4n) is 5.94. The number of carboxylic acid groups (broad SMARTS) is 1. The molecule has 12 heteroatoms. The van der Waals surface area contributed by atoms with Gasteiger partial charge in [-0.15, -0.1) is 0 Å². The number of alkyl halides is 9. The third-order valence-electron chi connectivity index (χ3n) is 8.09. The number of nitrogens with zero attached hydrogens (tertiary/aromatic N) is 1. The van der Waals surface area contributed by atoms with Crippen molar-refractivity contribution >= 4 is 5.97 Å². The van der Waals surface area contributed by atoms with Crippen LogP contribution < -0.4 is 0 Å². The maximum atomic E-state index is 14.2. The first kappa shape index (κ1) is 33.7. The average Bonchev–Trinajstić information content (AvgIpc) is 2.87. The van der Waals surface area contributed by atoms with E-state index in [4.69, 9.17) is 0 Å². The summed E-state index contributed by atoms with van der Waals surface area (Å²) in [4.78, 5) is 13.6. The Kier molecular flexibility index (Phi) is 10.3. The van der Waals surface area contributed by atoms with E-state index < -0.39 is 70.7 Å². The van der Waals surface area contributed by atoms with Crippen LogP contribution >= 0.6 is 0 Å². The van der Waals surface area contributed by atoms with Gasteiger partial charge in [-0.3, -0.25) is 9.69 Å². The van der Waals surface area contributed by atoms with Crippen molar-refractivity contribution in [3.63, 3.8) is 0 Å². The predicted octanol–water partition coefficient (Wildman–Crippen LogP) is 9.78. The SMILES string of the molecule is CCC(C(=O)O)[C@H]1CCN(C(CCC(C)C)c2cc(C(F)(F)F)ccc2C(F)(F)F)[C@H](c2ccc(C(F)(F)F)cc2)C1. The standard InChI is InChI=1S/C30H34F9NO2/c1-4-22(27(41)42)19-13-14-40(26(15-19)18-6-8-20(9-7-18)28(31,32)33)25(12-5-17(2)3)23-16-21(29(34,35)36)10-11-24(23)30(37,38)39/h6-11,16-17,19,22,25-26H,4-5,12-15H2,1-3H3,(H,41,42)/t19-,22?,25?,26-/m0/s1. The maximum Gasteiger partial charge on any atom is 0.416 e. The van der Waals surface area contributed by atoms with E-state index >= 15 is 0 Å². The molecule has 0 aromatic heterocycles. The summed E-state index contributed by atoms with van der Waals surface area (Å²) >= 11 is 0. The number of halogens is 9. The van der Waals surface area contributed by atoms with Gasteiger partial charge in [0, 0.05) is 12.1 Å². The van der Waals surface area contributed by atoms with Crippen molar-refractivity contribution in [1.29, 1.82) is 0 Å². The van der Waals surface area contributed by atoms with Crippen LogP contribution in [0.2, 0.25) is 0 Å². The van der Waals surface area contributed by atoms with Gasteiger partial charge in [0.05, 0.1) is 22.6 Å². The zero-order chi connectivity index (χ0) is 31.6. The number of hydrogen-bond acceptors (Lipinski definition) is 2. The molecule has 3 rings (SSSR count). The minimum absolute atomic E-state index is 0.00817. The molecule has 1 aliphatic heterocycles. The van der Waals surface area contributed by atoms with Gasteiger partial charge in [-0.25, -0.2) is 0 Å². The molecule has 3 nitrogen and oxygen atoms in total. The fourth-order valence-corrected chi connectivity index (χ4v) is 5.94. The van der Waals surface area contributed by atoms with Gasteiger partial charge >= 0.3 is 24.5 Å². The summed E-state index contributed by atoms with van der Waals surface area (Å²) in [6, 6.07) is 3.47. The lowest BCUT2D eigenvalue weighted by Gasteiger charge is -2.46. The third-order valence-corrected chi connectivity index (χ3v) is 8.09. The first-order valence-corrected chi connectivity index (χ1v) is 13.8. The van der Waals surface area contributed by atoms with Crippen LogP contribution in [0.15, 0.2) is 42.5 Å². The average molecular weight is 612 g/mol. The second-order valence-electron chi connectivity index (χ2n) is 11.3. The summed E-state index contributed by atoms with van der Waals surface area (Å²) in [5.74, 6) is -2.30. The fraction of sp³-hybridized carbons (Fsp3) is 0.567. The van der Waals surface area contributed by atoms with Crippen molar-refractivity contribution < 1.29 is 49.4 Å². The molecule has 0 spiro atoms. The van der Waals surface area contributed by atoms with Crippen molar-refractivity contribution in [2.45, 2.75) is 83.5 Å². The van der Waals surface area contributed by atoms with Crippen molar-refractivity contribution in [2.75, 3.05) is 6.54 Å². The van der Waals surface area contributed by atoms with Gasteiger partial charge < -0.3 is 5.11 Å². The Hall–Kier alpha value is -2.76. The van der Waals surface area contributed by atoms with Gasteiger partial charge in [0.2, 0.25) is 0 Å². The molecule has 2 aromatic rings. The minimum atomic E-state index is -4.96. The number of carboxylic acids is 1. The Bertz CT molecular complexity index is 1200. The van der Waals surface area contributed by atoms with Crippen LogP contribution in [-0.4, -0.2) is 22.5 Å². The summed E-state index contributed by atoms with van der Waals surface area (Å²) < 4.78 is 124.